The maximum atomic E-state index is 6.31. The second kappa shape index (κ2) is 8.00. The van der Waals surface area contributed by atoms with Gasteiger partial charge in [0, 0.05) is 12.7 Å². The molecule has 3 unspecified atom stereocenters. The van der Waals surface area contributed by atoms with E-state index in [-0.39, 0.29) is 6.10 Å². The molecule has 118 valence electrons. The Labute approximate surface area is 133 Å². The van der Waals surface area contributed by atoms with Crippen LogP contribution in [0, 0.1) is 11.8 Å². The van der Waals surface area contributed by atoms with E-state index in [1.807, 2.05) is 12.3 Å². The predicted molar refractivity (Wildman–Crippen MR) is 87.8 cm³/mol. The lowest BCUT2D eigenvalue weighted by Gasteiger charge is -2.32. The first-order chi connectivity index (χ1) is 10.1. The topological polar surface area (TPSA) is 34.2 Å². The van der Waals surface area contributed by atoms with E-state index >= 15 is 0 Å². The van der Waals surface area contributed by atoms with Crippen molar-refractivity contribution < 1.29 is 4.74 Å². The lowest BCUT2D eigenvalue weighted by Crippen LogP contribution is -2.29. The maximum absolute atomic E-state index is 6.31. The average Bonchev–Trinajstić information content (AvgIpc) is 2.46. The Bertz CT molecular complexity index is 452. The predicted octanol–water partition coefficient (Wildman–Crippen LogP) is 4.44. The van der Waals surface area contributed by atoms with Crippen LogP contribution < -0.4 is 10.1 Å². The SMILES string of the molecule is CCCNCc1cnc(OC2CCC(C)C(C)C2)c(Cl)c1. The molecular formula is C17H27ClN2O. The molecule has 0 radical (unpaired) electrons. The van der Waals surface area contributed by atoms with Gasteiger partial charge in [0.15, 0.2) is 0 Å². The smallest absolute Gasteiger partial charge is 0.232 e. The zero-order valence-corrected chi connectivity index (χ0v) is 14.1. The van der Waals surface area contributed by atoms with E-state index in [1.165, 1.54) is 6.42 Å². The molecule has 4 heteroatoms. The number of ether oxygens (including phenoxy) is 1. The molecule has 3 atom stereocenters. The molecule has 1 aliphatic carbocycles. The van der Waals surface area contributed by atoms with E-state index in [0.717, 1.165) is 43.8 Å². The summed E-state index contributed by atoms with van der Waals surface area (Å²) in [6, 6.07) is 1.96. The summed E-state index contributed by atoms with van der Waals surface area (Å²) < 4.78 is 6.02. The molecule has 1 heterocycles. The molecule has 3 nitrogen and oxygen atoms in total. The summed E-state index contributed by atoms with van der Waals surface area (Å²) in [7, 11) is 0. The van der Waals surface area contributed by atoms with Crippen LogP contribution in [0.3, 0.4) is 0 Å². The number of pyridine rings is 1. The molecule has 21 heavy (non-hydrogen) atoms. The Morgan fingerprint density at radius 1 is 1.33 bits per heavy atom. The van der Waals surface area contributed by atoms with E-state index in [1.54, 1.807) is 0 Å². The molecule has 1 aromatic rings. The highest BCUT2D eigenvalue weighted by molar-refractivity contribution is 6.31. The summed E-state index contributed by atoms with van der Waals surface area (Å²) in [5.41, 5.74) is 1.10. The normalized spacial score (nSPS) is 25.8. The zero-order chi connectivity index (χ0) is 15.2. The minimum Gasteiger partial charge on any atom is -0.473 e. The first-order valence-electron chi connectivity index (χ1n) is 8.12. The van der Waals surface area contributed by atoms with Gasteiger partial charge in [0.2, 0.25) is 5.88 Å². The zero-order valence-electron chi connectivity index (χ0n) is 13.4. The molecule has 1 saturated carbocycles. The summed E-state index contributed by atoms with van der Waals surface area (Å²) in [4.78, 5) is 4.40. The van der Waals surface area contributed by atoms with E-state index in [2.05, 4.69) is 31.1 Å². The molecule has 1 aliphatic rings. The Morgan fingerprint density at radius 2 is 2.14 bits per heavy atom. The monoisotopic (exact) mass is 310 g/mol. The lowest BCUT2D eigenvalue weighted by molar-refractivity contribution is 0.0965. The second-order valence-corrected chi connectivity index (χ2v) is 6.72. The molecule has 0 aliphatic heterocycles. The maximum Gasteiger partial charge on any atom is 0.232 e. The second-order valence-electron chi connectivity index (χ2n) is 6.31. The van der Waals surface area contributed by atoms with Gasteiger partial charge in [0.25, 0.3) is 0 Å². The highest BCUT2D eigenvalue weighted by atomic mass is 35.5. The number of hydrogen-bond acceptors (Lipinski definition) is 3. The van der Waals surface area contributed by atoms with Crippen molar-refractivity contribution in [2.75, 3.05) is 6.54 Å². The molecular weight excluding hydrogens is 284 g/mol. The van der Waals surface area contributed by atoms with Gasteiger partial charge < -0.3 is 10.1 Å². The van der Waals surface area contributed by atoms with Crippen LogP contribution in [0.2, 0.25) is 5.02 Å². The van der Waals surface area contributed by atoms with Crippen LogP contribution in [0.25, 0.3) is 0 Å². The van der Waals surface area contributed by atoms with Crippen LogP contribution in [0.1, 0.15) is 52.0 Å². The van der Waals surface area contributed by atoms with Gasteiger partial charge in [-0.25, -0.2) is 4.98 Å². The minimum atomic E-state index is 0.255. The van der Waals surface area contributed by atoms with Crippen LogP contribution >= 0.6 is 11.6 Å². The molecule has 1 fully saturated rings. The fourth-order valence-corrected chi connectivity index (χ4v) is 3.05. The van der Waals surface area contributed by atoms with Gasteiger partial charge in [0.1, 0.15) is 11.1 Å². The van der Waals surface area contributed by atoms with Gasteiger partial charge in [-0.15, -0.1) is 0 Å². The summed E-state index contributed by atoms with van der Waals surface area (Å²) in [5, 5.41) is 3.97. The molecule has 1 N–H and O–H groups in total. The van der Waals surface area contributed by atoms with Crippen LogP contribution in [0.15, 0.2) is 12.3 Å². The average molecular weight is 311 g/mol. The molecule has 0 amide bonds. The van der Waals surface area contributed by atoms with Crippen molar-refractivity contribution in [2.45, 2.75) is 59.1 Å². The van der Waals surface area contributed by atoms with Crippen molar-refractivity contribution in [3.05, 3.63) is 22.8 Å². The van der Waals surface area contributed by atoms with Gasteiger partial charge in [-0.05, 0) is 55.7 Å². The van der Waals surface area contributed by atoms with Gasteiger partial charge in [-0.1, -0.05) is 32.4 Å². The van der Waals surface area contributed by atoms with E-state index < -0.39 is 0 Å². The number of hydrogen-bond donors (Lipinski definition) is 1. The van der Waals surface area contributed by atoms with Crippen molar-refractivity contribution in [3.63, 3.8) is 0 Å². The molecule has 0 aromatic carbocycles. The van der Waals surface area contributed by atoms with Crippen molar-refractivity contribution in [1.82, 2.24) is 10.3 Å². The Balaban J connectivity index is 1.91. The van der Waals surface area contributed by atoms with Crippen LogP contribution in [0.4, 0.5) is 0 Å². The highest BCUT2D eigenvalue weighted by Crippen LogP contribution is 2.33. The van der Waals surface area contributed by atoms with Crippen molar-refractivity contribution in [2.24, 2.45) is 11.8 Å². The fraction of sp³-hybridized carbons (Fsp3) is 0.706. The first-order valence-corrected chi connectivity index (χ1v) is 8.49. The van der Waals surface area contributed by atoms with Crippen molar-refractivity contribution >= 4 is 11.6 Å². The summed E-state index contributed by atoms with van der Waals surface area (Å²) in [6.07, 6.45) is 6.66. The number of nitrogens with one attached hydrogen (secondary N) is 1. The highest BCUT2D eigenvalue weighted by Gasteiger charge is 2.26. The minimum absolute atomic E-state index is 0.255. The van der Waals surface area contributed by atoms with Gasteiger partial charge >= 0.3 is 0 Å². The molecule has 0 spiro atoms. The third-order valence-corrected chi connectivity index (χ3v) is 4.72. The Morgan fingerprint density at radius 3 is 2.81 bits per heavy atom. The van der Waals surface area contributed by atoms with E-state index in [4.69, 9.17) is 16.3 Å². The van der Waals surface area contributed by atoms with Crippen LogP contribution in [-0.4, -0.2) is 17.6 Å². The molecule has 0 saturated heterocycles. The third-order valence-electron chi connectivity index (χ3n) is 4.45. The third kappa shape index (κ3) is 4.86. The number of aromatic nitrogens is 1. The standard InChI is InChI=1S/C17H27ClN2O/c1-4-7-19-10-14-9-16(18)17(20-11-14)21-15-6-5-12(2)13(3)8-15/h9,11-13,15,19H,4-8,10H2,1-3H3. The number of halogens is 1. The number of rotatable bonds is 6. The lowest BCUT2D eigenvalue weighted by atomic mass is 9.80. The fourth-order valence-electron chi connectivity index (χ4n) is 2.82. The quantitative estimate of drug-likeness (QED) is 0.789. The summed E-state index contributed by atoms with van der Waals surface area (Å²) >= 11 is 6.31. The van der Waals surface area contributed by atoms with Crippen molar-refractivity contribution in [1.29, 1.82) is 0 Å². The van der Waals surface area contributed by atoms with Crippen LogP contribution in [-0.2, 0) is 6.54 Å². The molecule has 1 aromatic heterocycles. The largest absolute Gasteiger partial charge is 0.473 e. The van der Waals surface area contributed by atoms with Crippen molar-refractivity contribution in [3.8, 4) is 5.88 Å². The van der Waals surface area contributed by atoms with E-state index in [9.17, 15) is 0 Å². The van der Waals surface area contributed by atoms with Gasteiger partial charge in [0.05, 0.1) is 0 Å². The van der Waals surface area contributed by atoms with E-state index in [0.29, 0.717) is 16.8 Å². The number of nitrogens with zero attached hydrogens (tertiary/aromatic N) is 1. The Hall–Kier alpha value is -0.800. The first kappa shape index (κ1) is 16.6. The molecule has 2 rings (SSSR count). The molecule has 0 bridgehead atoms. The van der Waals surface area contributed by atoms with Gasteiger partial charge in [-0.3, -0.25) is 0 Å². The summed E-state index contributed by atoms with van der Waals surface area (Å²) in [5.74, 6) is 2.09. The van der Waals surface area contributed by atoms with Gasteiger partial charge in [-0.2, -0.15) is 0 Å². The van der Waals surface area contributed by atoms with Crippen LogP contribution in [0.5, 0.6) is 5.88 Å². The summed E-state index contributed by atoms with van der Waals surface area (Å²) in [6.45, 7) is 8.59. The Kier molecular flexibility index (Phi) is 6.31.